The van der Waals surface area contributed by atoms with Crippen LogP contribution in [-0.4, -0.2) is 9.55 Å². The minimum atomic E-state index is 0.0624. The van der Waals surface area contributed by atoms with Crippen LogP contribution in [0.15, 0.2) is 24.3 Å². The molecule has 0 fully saturated rings. The summed E-state index contributed by atoms with van der Waals surface area (Å²) in [6.07, 6.45) is 0. The number of aromatic nitrogens is 2. The molecule has 2 aromatic rings. The predicted octanol–water partition coefficient (Wildman–Crippen LogP) is 1.10. The molecule has 0 aliphatic rings. The van der Waals surface area contributed by atoms with Gasteiger partial charge in [0, 0.05) is 7.05 Å². The van der Waals surface area contributed by atoms with Gasteiger partial charge >= 0.3 is 0 Å². The molecule has 1 atom stereocenters. The van der Waals surface area contributed by atoms with Crippen molar-refractivity contribution in [2.75, 3.05) is 0 Å². The van der Waals surface area contributed by atoms with Crippen molar-refractivity contribution in [3.8, 4) is 0 Å². The Morgan fingerprint density at radius 3 is 2.79 bits per heavy atom. The topological polar surface area (TPSA) is 55.9 Å². The molecular weight excluding hydrogens is 176 g/mol. The molecule has 4 heteroatoms. The summed E-state index contributed by atoms with van der Waals surface area (Å²) in [5.41, 5.74) is 4.84. The minimum absolute atomic E-state index is 0.0624. The van der Waals surface area contributed by atoms with E-state index < -0.39 is 0 Å². The zero-order valence-corrected chi connectivity index (χ0v) is 8.36. The summed E-state index contributed by atoms with van der Waals surface area (Å²) in [4.78, 5) is 4.50. The Bertz CT molecular complexity index is 446. The second-order valence-corrected chi connectivity index (χ2v) is 3.41. The van der Waals surface area contributed by atoms with Crippen molar-refractivity contribution in [1.29, 1.82) is 0 Å². The van der Waals surface area contributed by atoms with E-state index in [2.05, 4.69) is 21.0 Å². The van der Waals surface area contributed by atoms with Gasteiger partial charge in [-0.15, -0.1) is 0 Å². The number of para-hydroxylation sites is 2. The maximum atomic E-state index is 5.39. The summed E-state index contributed by atoms with van der Waals surface area (Å²) in [6.45, 7) is 1.99. The van der Waals surface area contributed by atoms with Crippen molar-refractivity contribution in [3.05, 3.63) is 30.1 Å². The zero-order valence-electron chi connectivity index (χ0n) is 8.36. The third kappa shape index (κ3) is 1.29. The summed E-state index contributed by atoms with van der Waals surface area (Å²) in [5.74, 6) is 6.34. The number of rotatable bonds is 2. The molecule has 0 spiro atoms. The Kier molecular flexibility index (Phi) is 2.23. The highest BCUT2D eigenvalue weighted by atomic mass is 15.3. The van der Waals surface area contributed by atoms with Crippen molar-refractivity contribution in [2.45, 2.75) is 13.0 Å². The SMILES string of the molecule is C[C@@H](NN)c1nc2ccccc2n1C. The monoisotopic (exact) mass is 190 g/mol. The number of aryl methyl sites for hydroxylation is 1. The van der Waals surface area contributed by atoms with E-state index in [1.54, 1.807) is 0 Å². The number of imidazole rings is 1. The fraction of sp³-hybridized carbons (Fsp3) is 0.300. The van der Waals surface area contributed by atoms with Crippen molar-refractivity contribution in [3.63, 3.8) is 0 Å². The molecule has 14 heavy (non-hydrogen) atoms. The van der Waals surface area contributed by atoms with Crippen LogP contribution in [0.3, 0.4) is 0 Å². The summed E-state index contributed by atoms with van der Waals surface area (Å²) >= 11 is 0. The quantitative estimate of drug-likeness (QED) is 0.550. The van der Waals surface area contributed by atoms with E-state index in [1.165, 1.54) is 0 Å². The van der Waals surface area contributed by atoms with Crippen LogP contribution in [0.2, 0.25) is 0 Å². The Morgan fingerprint density at radius 2 is 2.14 bits per heavy atom. The van der Waals surface area contributed by atoms with E-state index in [1.807, 2.05) is 32.2 Å². The van der Waals surface area contributed by atoms with Crippen LogP contribution in [-0.2, 0) is 7.05 Å². The number of nitrogens with two attached hydrogens (primary N) is 1. The molecular formula is C10H14N4. The minimum Gasteiger partial charge on any atom is -0.330 e. The standard InChI is InChI=1S/C10H14N4/c1-7(13-11)10-12-8-5-3-4-6-9(8)14(10)2/h3-7,13H,11H2,1-2H3/t7-/m1/s1. The average molecular weight is 190 g/mol. The zero-order chi connectivity index (χ0) is 10.1. The van der Waals surface area contributed by atoms with E-state index in [-0.39, 0.29) is 6.04 Å². The lowest BCUT2D eigenvalue weighted by Gasteiger charge is -2.09. The first-order chi connectivity index (χ1) is 6.74. The molecule has 1 aromatic carbocycles. The average Bonchev–Trinajstić information content (AvgIpc) is 2.56. The number of fused-ring (bicyclic) bond motifs is 1. The van der Waals surface area contributed by atoms with Crippen LogP contribution < -0.4 is 11.3 Å². The third-order valence-corrected chi connectivity index (χ3v) is 2.46. The molecule has 2 rings (SSSR count). The van der Waals surface area contributed by atoms with Crippen molar-refractivity contribution in [2.24, 2.45) is 12.9 Å². The molecule has 74 valence electrons. The normalized spacial score (nSPS) is 13.4. The van der Waals surface area contributed by atoms with Crippen LogP contribution in [0.4, 0.5) is 0 Å². The van der Waals surface area contributed by atoms with Gasteiger partial charge in [-0.2, -0.15) is 0 Å². The highest BCUT2D eigenvalue weighted by molar-refractivity contribution is 5.75. The number of nitrogens with one attached hydrogen (secondary N) is 1. The molecule has 0 saturated carbocycles. The first-order valence-electron chi connectivity index (χ1n) is 4.61. The maximum Gasteiger partial charge on any atom is 0.127 e. The van der Waals surface area contributed by atoms with Gasteiger partial charge in [-0.05, 0) is 19.1 Å². The molecule has 1 aromatic heterocycles. The first kappa shape index (κ1) is 9.18. The van der Waals surface area contributed by atoms with Crippen LogP contribution >= 0.6 is 0 Å². The number of hydrazine groups is 1. The van der Waals surface area contributed by atoms with Crippen LogP contribution in [0.1, 0.15) is 18.8 Å². The molecule has 4 nitrogen and oxygen atoms in total. The highest BCUT2D eigenvalue weighted by Crippen LogP contribution is 2.18. The van der Waals surface area contributed by atoms with Crippen molar-refractivity contribution < 1.29 is 0 Å². The van der Waals surface area contributed by atoms with E-state index >= 15 is 0 Å². The van der Waals surface area contributed by atoms with Gasteiger partial charge in [0.2, 0.25) is 0 Å². The van der Waals surface area contributed by atoms with Crippen LogP contribution in [0, 0.1) is 0 Å². The van der Waals surface area contributed by atoms with E-state index in [9.17, 15) is 0 Å². The van der Waals surface area contributed by atoms with E-state index in [0.29, 0.717) is 0 Å². The summed E-state index contributed by atoms with van der Waals surface area (Å²) in [5, 5.41) is 0. The lowest BCUT2D eigenvalue weighted by Crippen LogP contribution is -2.27. The predicted molar refractivity (Wildman–Crippen MR) is 56.5 cm³/mol. The van der Waals surface area contributed by atoms with E-state index in [4.69, 9.17) is 5.84 Å². The van der Waals surface area contributed by atoms with Gasteiger partial charge in [-0.1, -0.05) is 12.1 Å². The van der Waals surface area contributed by atoms with Gasteiger partial charge in [-0.25, -0.2) is 4.98 Å². The van der Waals surface area contributed by atoms with Gasteiger partial charge in [0.25, 0.3) is 0 Å². The van der Waals surface area contributed by atoms with Gasteiger partial charge in [0.05, 0.1) is 17.1 Å². The Balaban J connectivity index is 2.62. The molecule has 0 amide bonds. The molecule has 0 radical (unpaired) electrons. The Labute approximate surface area is 82.7 Å². The molecule has 0 aliphatic heterocycles. The lowest BCUT2D eigenvalue weighted by atomic mass is 10.3. The number of nitrogens with zero attached hydrogens (tertiary/aromatic N) is 2. The van der Waals surface area contributed by atoms with Gasteiger partial charge in [0.15, 0.2) is 0 Å². The maximum absolute atomic E-state index is 5.39. The molecule has 0 aliphatic carbocycles. The van der Waals surface area contributed by atoms with E-state index in [0.717, 1.165) is 16.9 Å². The fourth-order valence-electron chi connectivity index (χ4n) is 1.63. The van der Waals surface area contributed by atoms with Crippen molar-refractivity contribution in [1.82, 2.24) is 15.0 Å². The molecule has 0 bridgehead atoms. The summed E-state index contributed by atoms with van der Waals surface area (Å²) in [7, 11) is 2.00. The molecule has 3 N–H and O–H groups in total. The first-order valence-corrected chi connectivity index (χ1v) is 4.61. The van der Waals surface area contributed by atoms with Gasteiger partial charge < -0.3 is 4.57 Å². The molecule has 0 saturated heterocycles. The number of hydrogen-bond acceptors (Lipinski definition) is 3. The Morgan fingerprint density at radius 1 is 1.43 bits per heavy atom. The highest BCUT2D eigenvalue weighted by Gasteiger charge is 2.11. The summed E-state index contributed by atoms with van der Waals surface area (Å²) in [6, 6.07) is 8.11. The number of benzene rings is 1. The van der Waals surface area contributed by atoms with Crippen LogP contribution in [0.5, 0.6) is 0 Å². The van der Waals surface area contributed by atoms with Gasteiger partial charge in [0.1, 0.15) is 5.82 Å². The molecule has 1 heterocycles. The molecule has 0 unspecified atom stereocenters. The third-order valence-electron chi connectivity index (χ3n) is 2.46. The second kappa shape index (κ2) is 3.40. The second-order valence-electron chi connectivity index (χ2n) is 3.41. The van der Waals surface area contributed by atoms with Crippen LogP contribution in [0.25, 0.3) is 11.0 Å². The smallest absolute Gasteiger partial charge is 0.127 e. The fourth-order valence-corrected chi connectivity index (χ4v) is 1.63. The summed E-state index contributed by atoms with van der Waals surface area (Å²) < 4.78 is 2.06. The largest absolute Gasteiger partial charge is 0.330 e. The Hall–Kier alpha value is -1.39. The number of hydrogen-bond donors (Lipinski definition) is 2. The van der Waals surface area contributed by atoms with Gasteiger partial charge in [-0.3, -0.25) is 11.3 Å². The lowest BCUT2D eigenvalue weighted by molar-refractivity contribution is 0.553. The van der Waals surface area contributed by atoms with Crippen molar-refractivity contribution >= 4 is 11.0 Å².